The normalized spacial score (nSPS) is 21.6. The van der Waals surface area contributed by atoms with Crippen LogP contribution in [0.25, 0.3) is 0 Å². The van der Waals surface area contributed by atoms with Crippen molar-refractivity contribution in [1.29, 1.82) is 0 Å². The van der Waals surface area contributed by atoms with Crippen molar-refractivity contribution in [3.63, 3.8) is 0 Å². The predicted molar refractivity (Wildman–Crippen MR) is 74.6 cm³/mol. The van der Waals surface area contributed by atoms with E-state index >= 15 is 0 Å². The fraction of sp³-hybridized carbons (Fsp3) is 0.625. The van der Waals surface area contributed by atoms with Crippen LogP contribution in [0.15, 0.2) is 12.1 Å². The molecular formula is C16H25N. The number of fused-ring (bicyclic) bond motifs is 1. The molecule has 0 heterocycles. The zero-order valence-corrected chi connectivity index (χ0v) is 11.9. The Bertz CT molecular complexity index is 418. The summed E-state index contributed by atoms with van der Waals surface area (Å²) in [6.45, 7) is 12.6. The molecule has 1 nitrogen and oxygen atoms in total. The molecule has 0 aromatic heterocycles. The number of hydrogen-bond donors (Lipinski definition) is 1. The number of nitrogens with one attached hydrogen (secondary N) is 1. The summed E-state index contributed by atoms with van der Waals surface area (Å²) in [4.78, 5) is 0. The second-order valence-corrected chi connectivity index (χ2v) is 6.08. The average molecular weight is 231 g/mol. The van der Waals surface area contributed by atoms with Gasteiger partial charge >= 0.3 is 0 Å². The zero-order valence-electron chi connectivity index (χ0n) is 11.9. The van der Waals surface area contributed by atoms with E-state index < -0.39 is 0 Å². The molecule has 0 fully saturated rings. The van der Waals surface area contributed by atoms with Crippen molar-refractivity contribution in [3.8, 4) is 0 Å². The molecule has 94 valence electrons. The summed E-state index contributed by atoms with van der Waals surface area (Å²) in [6.07, 6.45) is 2.44. The molecule has 0 saturated heterocycles. The van der Waals surface area contributed by atoms with Gasteiger partial charge in [0.15, 0.2) is 0 Å². The van der Waals surface area contributed by atoms with Crippen LogP contribution >= 0.6 is 0 Å². The van der Waals surface area contributed by atoms with E-state index in [-0.39, 0.29) is 0 Å². The second kappa shape index (κ2) is 4.45. The lowest BCUT2D eigenvalue weighted by atomic mass is 9.83. The van der Waals surface area contributed by atoms with Crippen LogP contribution in [0.3, 0.4) is 0 Å². The van der Waals surface area contributed by atoms with Gasteiger partial charge in [0.25, 0.3) is 0 Å². The fourth-order valence-corrected chi connectivity index (χ4v) is 3.39. The lowest BCUT2D eigenvalue weighted by molar-refractivity contribution is 0.426. The summed E-state index contributed by atoms with van der Waals surface area (Å²) < 4.78 is 0. The molecule has 1 aliphatic rings. The van der Waals surface area contributed by atoms with Gasteiger partial charge in [-0.05, 0) is 60.9 Å². The van der Waals surface area contributed by atoms with Crippen LogP contribution < -0.4 is 5.32 Å². The minimum atomic E-state index is 0.316. The third-order valence-corrected chi connectivity index (χ3v) is 4.05. The second-order valence-electron chi connectivity index (χ2n) is 6.08. The third kappa shape index (κ3) is 2.13. The van der Waals surface area contributed by atoms with Crippen molar-refractivity contribution in [2.75, 3.05) is 6.54 Å². The van der Waals surface area contributed by atoms with Gasteiger partial charge in [0.05, 0.1) is 0 Å². The maximum absolute atomic E-state index is 3.71. The molecule has 1 aromatic rings. The molecule has 17 heavy (non-hydrogen) atoms. The third-order valence-electron chi connectivity index (χ3n) is 4.05. The Labute approximate surface area is 106 Å². The highest BCUT2D eigenvalue weighted by molar-refractivity contribution is 5.50. The Morgan fingerprint density at radius 1 is 1.24 bits per heavy atom. The Morgan fingerprint density at radius 3 is 2.53 bits per heavy atom. The monoisotopic (exact) mass is 231 g/mol. The van der Waals surface area contributed by atoms with E-state index in [1.54, 1.807) is 11.1 Å². The van der Waals surface area contributed by atoms with Crippen molar-refractivity contribution < 1.29 is 0 Å². The van der Waals surface area contributed by atoms with Crippen LogP contribution in [0, 0.1) is 13.8 Å². The molecule has 2 rings (SSSR count). The molecule has 0 saturated carbocycles. The van der Waals surface area contributed by atoms with Gasteiger partial charge in [-0.3, -0.25) is 0 Å². The smallest absolute Gasteiger partial charge is 0.0334 e. The average Bonchev–Trinajstić information content (AvgIpc) is 2.54. The van der Waals surface area contributed by atoms with Crippen LogP contribution in [0.1, 0.15) is 61.9 Å². The molecular weight excluding hydrogens is 206 g/mol. The Hall–Kier alpha value is -0.820. The van der Waals surface area contributed by atoms with E-state index in [9.17, 15) is 0 Å². The first-order valence-electron chi connectivity index (χ1n) is 6.81. The maximum atomic E-state index is 3.71. The highest BCUT2D eigenvalue weighted by Crippen LogP contribution is 2.47. The molecule has 1 heteroatoms. The minimum Gasteiger partial charge on any atom is -0.310 e. The van der Waals surface area contributed by atoms with Crippen molar-refractivity contribution in [3.05, 3.63) is 34.4 Å². The molecule has 0 amide bonds. The van der Waals surface area contributed by atoms with E-state index in [0.717, 1.165) is 6.54 Å². The van der Waals surface area contributed by atoms with Gasteiger partial charge < -0.3 is 5.32 Å². The molecule has 0 spiro atoms. The van der Waals surface area contributed by atoms with Gasteiger partial charge in [0, 0.05) is 6.04 Å². The molecule has 1 unspecified atom stereocenters. The van der Waals surface area contributed by atoms with E-state index in [2.05, 4.69) is 52.1 Å². The topological polar surface area (TPSA) is 12.0 Å². The van der Waals surface area contributed by atoms with Crippen LogP contribution in [0.4, 0.5) is 0 Å². The Morgan fingerprint density at radius 2 is 1.88 bits per heavy atom. The Balaban J connectivity index is 2.45. The molecule has 1 aromatic carbocycles. The fourth-order valence-electron chi connectivity index (χ4n) is 3.39. The zero-order chi connectivity index (χ0) is 12.6. The molecule has 0 radical (unpaired) electrons. The van der Waals surface area contributed by atoms with E-state index in [4.69, 9.17) is 0 Å². The van der Waals surface area contributed by atoms with Crippen molar-refractivity contribution in [2.24, 2.45) is 0 Å². The van der Waals surface area contributed by atoms with Gasteiger partial charge in [-0.1, -0.05) is 32.9 Å². The first kappa shape index (κ1) is 12.6. The molecule has 0 aliphatic heterocycles. The van der Waals surface area contributed by atoms with Gasteiger partial charge in [-0.15, -0.1) is 0 Å². The lowest BCUT2D eigenvalue weighted by Crippen LogP contribution is -2.22. The first-order valence-corrected chi connectivity index (χ1v) is 6.81. The summed E-state index contributed by atoms with van der Waals surface area (Å²) in [6, 6.07) is 5.11. The van der Waals surface area contributed by atoms with Crippen molar-refractivity contribution in [2.45, 2.75) is 58.9 Å². The van der Waals surface area contributed by atoms with Crippen LogP contribution in [0.5, 0.6) is 0 Å². The SMILES string of the molecule is CCCNC1CC(C)(C)c2c(C)ccc(C)c21. The quantitative estimate of drug-likeness (QED) is 0.828. The highest BCUT2D eigenvalue weighted by atomic mass is 14.9. The van der Waals surface area contributed by atoms with E-state index in [0.29, 0.717) is 11.5 Å². The highest BCUT2D eigenvalue weighted by Gasteiger charge is 2.38. The molecule has 1 atom stereocenters. The summed E-state index contributed by atoms with van der Waals surface area (Å²) in [7, 11) is 0. The summed E-state index contributed by atoms with van der Waals surface area (Å²) >= 11 is 0. The van der Waals surface area contributed by atoms with E-state index in [1.807, 2.05) is 0 Å². The maximum Gasteiger partial charge on any atom is 0.0334 e. The first-order chi connectivity index (χ1) is 7.97. The summed E-state index contributed by atoms with van der Waals surface area (Å²) in [5, 5.41) is 3.71. The van der Waals surface area contributed by atoms with E-state index in [1.165, 1.54) is 24.0 Å². The van der Waals surface area contributed by atoms with Gasteiger partial charge in [0.1, 0.15) is 0 Å². The standard InChI is InChI=1S/C16H25N/c1-6-9-17-13-10-16(4,5)15-12(3)8-7-11(2)14(13)15/h7-8,13,17H,6,9-10H2,1-5H3. The molecule has 1 aliphatic carbocycles. The summed E-state index contributed by atoms with van der Waals surface area (Å²) in [5.74, 6) is 0. The predicted octanol–water partition coefficient (Wildman–Crippen LogP) is 4.03. The molecule has 0 bridgehead atoms. The van der Waals surface area contributed by atoms with Gasteiger partial charge in [-0.2, -0.15) is 0 Å². The lowest BCUT2D eigenvalue weighted by Gasteiger charge is -2.21. The minimum absolute atomic E-state index is 0.316. The number of benzene rings is 1. The van der Waals surface area contributed by atoms with Crippen LogP contribution in [-0.2, 0) is 5.41 Å². The van der Waals surface area contributed by atoms with Gasteiger partial charge in [-0.25, -0.2) is 0 Å². The van der Waals surface area contributed by atoms with Crippen molar-refractivity contribution in [1.82, 2.24) is 5.32 Å². The number of hydrogen-bond acceptors (Lipinski definition) is 1. The Kier molecular flexibility index (Phi) is 3.31. The largest absolute Gasteiger partial charge is 0.310 e. The number of aryl methyl sites for hydroxylation is 2. The number of rotatable bonds is 3. The van der Waals surface area contributed by atoms with Crippen LogP contribution in [0.2, 0.25) is 0 Å². The molecule has 1 N–H and O–H groups in total. The van der Waals surface area contributed by atoms with Crippen LogP contribution in [-0.4, -0.2) is 6.54 Å². The van der Waals surface area contributed by atoms with Gasteiger partial charge in [0.2, 0.25) is 0 Å². The van der Waals surface area contributed by atoms with Crippen molar-refractivity contribution >= 4 is 0 Å². The summed E-state index contributed by atoms with van der Waals surface area (Å²) in [5.41, 5.74) is 6.38.